The van der Waals surface area contributed by atoms with Crippen LogP contribution in [0.5, 0.6) is 17.2 Å². The monoisotopic (exact) mass is 408 g/mol. The number of hydrogen-bond acceptors (Lipinski definition) is 6. The maximum atomic E-state index is 10.7. The molecule has 6 heteroatoms. The summed E-state index contributed by atoms with van der Waals surface area (Å²) in [5, 5.41) is 21.1. The number of phenolic OH excluding ortho intramolecular Hbond substituents is 1. The molecule has 5 rings (SSSR count). The Morgan fingerprint density at radius 1 is 1.17 bits per heavy atom. The molecule has 158 valence electrons. The third-order valence-electron chi connectivity index (χ3n) is 7.61. The Bertz CT molecular complexity index is 977. The van der Waals surface area contributed by atoms with Crippen molar-refractivity contribution < 1.29 is 19.8 Å². The molecule has 3 aliphatic rings. The summed E-state index contributed by atoms with van der Waals surface area (Å²) in [7, 11) is 1.58. The number of hydroxylamine groups is 1. The fraction of sp³-hybridized carbons (Fsp3) is 0.458. The maximum absolute atomic E-state index is 10.7. The highest BCUT2D eigenvalue weighted by Crippen LogP contribution is 2.61. The van der Waals surface area contributed by atoms with Crippen LogP contribution in [0.2, 0.25) is 0 Å². The van der Waals surface area contributed by atoms with Crippen molar-refractivity contribution in [1.29, 1.82) is 0 Å². The first-order valence-electron chi connectivity index (χ1n) is 10.7. The van der Waals surface area contributed by atoms with Gasteiger partial charge in [0.1, 0.15) is 0 Å². The van der Waals surface area contributed by atoms with E-state index in [0.717, 1.165) is 36.9 Å². The Morgan fingerprint density at radius 2 is 1.97 bits per heavy atom. The first-order valence-corrected chi connectivity index (χ1v) is 10.7. The van der Waals surface area contributed by atoms with Gasteiger partial charge in [0.05, 0.1) is 18.9 Å². The number of benzene rings is 1. The Hall–Kier alpha value is -2.73. The summed E-state index contributed by atoms with van der Waals surface area (Å²) < 4.78 is 5.41. The van der Waals surface area contributed by atoms with Crippen molar-refractivity contribution in [1.82, 2.24) is 10.5 Å². The first kappa shape index (κ1) is 19.2. The second-order valence-corrected chi connectivity index (χ2v) is 9.01. The molecule has 3 aliphatic carbocycles. The number of phenols is 1. The second-order valence-electron chi connectivity index (χ2n) is 9.01. The quantitative estimate of drug-likeness (QED) is 0.663. The summed E-state index contributed by atoms with van der Waals surface area (Å²) in [5.74, 6) is 2.32. The standard InChI is InChI=1S/C24H28N2O4/c1-24-8-5-15-16-13-22(29-2)21(27)12-18(16)20(26-30-14-6-9-25-10-7-14)11-17(15)19(24)3-4-23(24)28/h6-7,9-13,15,17,19,23,26-28H,3-5,8H2,1-2H3/t15-,17-,19+,23+,24+/m1/s1. The minimum absolute atomic E-state index is 0.0484. The van der Waals surface area contributed by atoms with Crippen molar-refractivity contribution >= 4 is 5.70 Å². The number of aliphatic hydroxyl groups excluding tert-OH is 1. The number of aliphatic hydroxyl groups is 1. The van der Waals surface area contributed by atoms with Crippen LogP contribution in [0.4, 0.5) is 0 Å². The van der Waals surface area contributed by atoms with E-state index in [1.54, 1.807) is 37.7 Å². The van der Waals surface area contributed by atoms with Gasteiger partial charge in [-0.15, -0.1) is 0 Å². The van der Waals surface area contributed by atoms with Crippen molar-refractivity contribution in [3.8, 4) is 17.2 Å². The van der Waals surface area contributed by atoms with Gasteiger partial charge >= 0.3 is 0 Å². The number of aromatic hydroxyl groups is 1. The zero-order valence-corrected chi connectivity index (χ0v) is 17.3. The highest BCUT2D eigenvalue weighted by molar-refractivity contribution is 5.73. The van der Waals surface area contributed by atoms with Gasteiger partial charge in [0.15, 0.2) is 17.2 Å². The van der Waals surface area contributed by atoms with E-state index >= 15 is 0 Å². The molecular formula is C24H28N2O4. The summed E-state index contributed by atoms with van der Waals surface area (Å²) in [5.41, 5.74) is 6.01. The third-order valence-corrected chi connectivity index (χ3v) is 7.61. The SMILES string of the molecule is COc1cc2c(cc1O)C(NOc1ccncc1)=C[C@@H]1[C@@H]2CC[C@]2(C)[C@@H](O)CC[C@@H]12. The number of allylic oxidation sites excluding steroid dienone is 1. The van der Waals surface area contributed by atoms with Gasteiger partial charge in [0.25, 0.3) is 0 Å². The van der Waals surface area contributed by atoms with Gasteiger partial charge in [0, 0.05) is 30.1 Å². The van der Waals surface area contributed by atoms with Crippen LogP contribution in [0, 0.1) is 17.3 Å². The molecule has 1 heterocycles. The Labute approximate surface area is 176 Å². The van der Waals surface area contributed by atoms with Crippen LogP contribution in [-0.2, 0) is 0 Å². The largest absolute Gasteiger partial charge is 0.504 e. The number of aromatic nitrogens is 1. The lowest BCUT2D eigenvalue weighted by Gasteiger charge is -2.48. The number of fused-ring (bicyclic) bond motifs is 5. The van der Waals surface area contributed by atoms with E-state index in [4.69, 9.17) is 9.57 Å². The molecular weight excluding hydrogens is 380 g/mol. The zero-order valence-electron chi connectivity index (χ0n) is 17.3. The fourth-order valence-corrected chi connectivity index (χ4v) is 5.94. The molecule has 0 amide bonds. The molecule has 0 aliphatic heterocycles. The number of pyridine rings is 1. The first-order chi connectivity index (χ1) is 14.5. The Kier molecular flexibility index (Phi) is 4.62. The highest BCUT2D eigenvalue weighted by Gasteiger charge is 2.54. The average molecular weight is 408 g/mol. The second kappa shape index (κ2) is 7.20. The lowest BCUT2D eigenvalue weighted by Crippen LogP contribution is -2.43. The molecule has 3 N–H and O–H groups in total. The van der Waals surface area contributed by atoms with Gasteiger partial charge in [-0.1, -0.05) is 13.0 Å². The van der Waals surface area contributed by atoms with E-state index < -0.39 is 0 Å². The van der Waals surface area contributed by atoms with Gasteiger partial charge in [0.2, 0.25) is 0 Å². The van der Waals surface area contributed by atoms with Crippen LogP contribution in [0.15, 0.2) is 42.7 Å². The van der Waals surface area contributed by atoms with Gasteiger partial charge < -0.3 is 19.8 Å². The van der Waals surface area contributed by atoms with Crippen molar-refractivity contribution in [3.05, 3.63) is 53.9 Å². The molecule has 0 saturated heterocycles. The molecule has 2 fully saturated rings. The molecule has 30 heavy (non-hydrogen) atoms. The van der Waals surface area contributed by atoms with Crippen molar-refractivity contribution in [2.75, 3.05) is 7.11 Å². The van der Waals surface area contributed by atoms with Crippen LogP contribution in [0.3, 0.4) is 0 Å². The third kappa shape index (κ3) is 2.93. The average Bonchev–Trinajstić information content (AvgIpc) is 3.07. The number of hydrogen-bond donors (Lipinski definition) is 3. The van der Waals surface area contributed by atoms with Gasteiger partial charge in [-0.05, 0) is 66.5 Å². The predicted octanol–water partition coefficient (Wildman–Crippen LogP) is 4.00. The lowest BCUT2D eigenvalue weighted by atomic mass is 9.56. The lowest BCUT2D eigenvalue weighted by molar-refractivity contribution is -0.00832. The zero-order chi connectivity index (χ0) is 20.9. The number of methoxy groups -OCH3 is 1. The van der Waals surface area contributed by atoms with Crippen LogP contribution >= 0.6 is 0 Å². The summed E-state index contributed by atoms with van der Waals surface area (Å²) in [6.07, 6.45) is 9.27. The summed E-state index contributed by atoms with van der Waals surface area (Å²) in [6.45, 7) is 2.24. The molecule has 6 nitrogen and oxygen atoms in total. The van der Waals surface area contributed by atoms with Crippen molar-refractivity contribution in [2.45, 2.75) is 44.6 Å². The predicted molar refractivity (Wildman–Crippen MR) is 113 cm³/mol. The Morgan fingerprint density at radius 3 is 2.73 bits per heavy atom. The van der Waals surface area contributed by atoms with Gasteiger partial charge in [-0.2, -0.15) is 0 Å². The molecule has 1 aromatic carbocycles. The summed E-state index contributed by atoms with van der Waals surface area (Å²) in [4.78, 5) is 9.83. The Balaban J connectivity index is 1.55. The van der Waals surface area contributed by atoms with E-state index in [1.807, 2.05) is 6.07 Å². The highest BCUT2D eigenvalue weighted by atomic mass is 16.6. The van der Waals surface area contributed by atoms with E-state index in [-0.39, 0.29) is 17.3 Å². The van der Waals surface area contributed by atoms with Crippen molar-refractivity contribution in [3.63, 3.8) is 0 Å². The molecule has 0 unspecified atom stereocenters. The topological polar surface area (TPSA) is 83.8 Å². The van der Waals surface area contributed by atoms with Gasteiger partial charge in [-0.3, -0.25) is 4.98 Å². The van der Waals surface area contributed by atoms with Crippen LogP contribution in [-0.4, -0.2) is 28.4 Å². The normalized spacial score (nSPS) is 31.8. The van der Waals surface area contributed by atoms with Gasteiger partial charge in [-0.25, -0.2) is 5.48 Å². The van der Waals surface area contributed by atoms with E-state index in [1.165, 1.54) is 5.56 Å². The molecule has 1 aromatic heterocycles. The van der Waals surface area contributed by atoms with Crippen molar-refractivity contribution in [2.24, 2.45) is 17.3 Å². The number of nitrogens with one attached hydrogen (secondary N) is 1. The minimum Gasteiger partial charge on any atom is -0.504 e. The summed E-state index contributed by atoms with van der Waals surface area (Å²) >= 11 is 0. The minimum atomic E-state index is -0.239. The van der Waals surface area contributed by atoms with E-state index in [9.17, 15) is 10.2 Å². The maximum Gasteiger partial charge on any atom is 0.160 e. The molecule has 5 atom stereocenters. The summed E-state index contributed by atoms with van der Waals surface area (Å²) in [6, 6.07) is 7.31. The smallest absolute Gasteiger partial charge is 0.160 e. The van der Waals surface area contributed by atoms with Crippen LogP contribution in [0.25, 0.3) is 5.70 Å². The molecule has 2 saturated carbocycles. The van der Waals surface area contributed by atoms with E-state index in [0.29, 0.717) is 29.3 Å². The fourth-order valence-electron chi connectivity index (χ4n) is 5.94. The number of rotatable bonds is 4. The van der Waals surface area contributed by atoms with Crippen LogP contribution < -0.4 is 15.1 Å². The molecule has 2 aromatic rings. The van der Waals surface area contributed by atoms with Crippen LogP contribution in [0.1, 0.15) is 49.7 Å². The number of ether oxygens (including phenoxy) is 1. The van der Waals surface area contributed by atoms with E-state index in [2.05, 4.69) is 23.5 Å². The number of nitrogens with zero attached hydrogens (tertiary/aromatic N) is 1. The molecule has 0 radical (unpaired) electrons. The molecule has 0 bridgehead atoms. The molecule has 0 spiro atoms.